The van der Waals surface area contributed by atoms with Crippen molar-refractivity contribution in [3.05, 3.63) is 35.4 Å². The van der Waals surface area contributed by atoms with E-state index in [1.54, 1.807) is 0 Å². The number of fused-ring (bicyclic) bond motifs is 1. The van der Waals surface area contributed by atoms with Gasteiger partial charge < -0.3 is 9.80 Å². The average molecular weight is 359 g/mol. The minimum Gasteiger partial charge on any atom is -0.336 e. The number of thioether (sulfide) groups is 1. The van der Waals surface area contributed by atoms with Crippen LogP contribution in [0.15, 0.2) is 24.3 Å². The van der Waals surface area contributed by atoms with Gasteiger partial charge in [0, 0.05) is 24.6 Å². The summed E-state index contributed by atoms with van der Waals surface area (Å²) in [4.78, 5) is 18.3. The number of piperidine rings is 1. The van der Waals surface area contributed by atoms with Gasteiger partial charge in [-0.3, -0.25) is 4.79 Å². The fraction of sp³-hybridized carbons (Fsp3) is 0.667. The summed E-state index contributed by atoms with van der Waals surface area (Å²) in [6.45, 7) is 4.44. The van der Waals surface area contributed by atoms with Crippen LogP contribution in [0.5, 0.6) is 0 Å². The van der Waals surface area contributed by atoms with Crippen LogP contribution in [0, 0.1) is 0 Å². The lowest BCUT2D eigenvalue weighted by Gasteiger charge is -2.41. The number of amides is 1. The molecule has 0 radical (unpaired) electrons. The molecule has 0 saturated carbocycles. The number of carbonyl (C=O) groups is 1. The topological polar surface area (TPSA) is 23.6 Å². The van der Waals surface area contributed by atoms with Crippen molar-refractivity contribution in [2.75, 3.05) is 37.7 Å². The van der Waals surface area contributed by atoms with E-state index in [-0.39, 0.29) is 5.92 Å². The van der Waals surface area contributed by atoms with Gasteiger partial charge in [0.25, 0.3) is 0 Å². The van der Waals surface area contributed by atoms with Gasteiger partial charge in [-0.1, -0.05) is 30.7 Å². The van der Waals surface area contributed by atoms with Crippen LogP contribution in [-0.2, 0) is 11.2 Å². The van der Waals surface area contributed by atoms with E-state index in [0.29, 0.717) is 11.9 Å². The molecule has 2 saturated heterocycles. The highest BCUT2D eigenvalue weighted by atomic mass is 32.2. The van der Waals surface area contributed by atoms with Gasteiger partial charge in [-0.25, -0.2) is 0 Å². The van der Waals surface area contributed by atoms with E-state index in [4.69, 9.17) is 0 Å². The van der Waals surface area contributed by atoms with Gasteiger partial charge in [0.2, 0.25) is 5.91 Å². The van der Waals surface area contributed by atoms with Crippen molar-refractivity contribution in [1.82, 2.24) is 9.80 Å². The molecule has 1 aromatic rings. The summed E-state index contributed by atoms with van der Waals surface area (Å²) >= 11 is 2.02. The van der Waals surface area contributed by atoms with E-state index < -0.39 is 0 Å². The summed E-state index contributed by atoms with van der Waals surface area (Å²) in [7, 11) is 0. The van der Waals surface area contributed by atoms with E-state index in [0.717, 1.165) is 43.9 Å². The lowest BCUT2D eigenvalue weighted by atomic mass is 9.82. The zero-order chi connectivity index (χ0) is 17.1. The Morgan fingerprint density at radius 2 is 1.92 bits per heavy atom. The highest BCUT2D eigenvalue weighted by molar-refractivity contribution is 7.99. The van der Waals surface area contributed by atoms with Crippen molar-refractivity contribution in [1.29, 1.82) is 0 Å². The van der Waals surface area contributed by atoms with E-state index in [9.17, 15) is 4.79 Å². The smallest absolute Gasteiger partial charge is 0.230 e. The lowest BCUT2D eigenvalue weighted by Crippen LogP contribution is -2.53. The molecule has 3 nitrogen and oxygen atoms in total. The Labute approximate surface area is 156 Å². The van der Waals surface area contributed by atoms with Gasteiger partial charge in [-0.15, -0.1) is 0 Å². The first-order chi connectivity index (χ1) is 12.3. The molecule has 0 N–H and O–H groups in total. The van der Waals surface area contributed by atoms with Crippen LogP contribution >= 0.6 is 11.8 Å². The molecule has 0 aromatic heterocycles. The molecule has 2 aliphatic heterocycles. The predicted octanol–water partition coefficient (Wildman–Crippen LogP) is 3.54. The van der Waals surface area contributed by atoms with Crippen LogP contribution in [0.25, 0.3) is 0 Å². The van der Waals surface area contributed by atoms with E-state index in [1.165, 1.54) is 43.5 Å². The zero-order valence-electron chi connectivity index (χ0n) is 15.2. The van der Waals surface area contributed by atoms with Crippen LogP contribution < -0.4 is 0 Å². The molecule has 0 bridgehead atoms. The molecule has 1 amide bonds. The lowest BCUT2D eigenvalue weighted by molar-refractivity contribution is -0.135. The number of hydrogen-bond donors (Lipinski definition) is 0. The molecule has 4 rings (SSSR count). The molecule has 2 heterocycles. The van der Waals surface area contributed by atoms with Gasteiger partial charge in [0.15, 0.2) is 0 Å². The molecular formula is C21H30N2OS. The fourth-order valence-electron chi connectivity index (χ4n) is 4.75. The Hall–Kier alpha value is -1.00. The molecule has 3 aliphatic rings. The zero-order valence-corrected chi connectivity index (χ0v) is 16.0. The van der Waals surface area contributed by atoms with E-state index >= 15 is 0 Å². The molecular weight excluding hydrogens is 328 g/mol. The Bertz CT molecular complexity index is 599. The Morgan fingerprint density at radius 1 is 1.08 bits per heavy atom. The summed E-state index contributed by atoms with van der Waals surface area (Å²) in [6.07, 6.45) is 7.32. The summed E-state index contributed by atoms with van der Waals surface area (Å²) in [6, 6.07) is 9.02. The Balaban J connectivity index is 1.49. The predicted molar refractivity (Wildman–Crippen MR) is 105 cm³/mol. The van der Waals surface area contributed by atoms with Crippen molar-refractivity contribution in [3.63, 3.8) is 0 Å². The largest absolute Gasteiger partial charge is 0.336 e. The van der Waals surface area contributed by atoms with Gasteiger partial charge in [-0.05, 0) is 56.3 Å². The maximum absolute atomic E-state index is 13.5. The number of benzene rings is 1. The Kier molecular flexibility index (Phi) is 5.66. The van der Waals surface area contributed by atoms with Crippen LogP contribution in [-0.4, -0.2) is 59.4 Å². The molecule has 2 fully saturated rings. The average Bonchev–Trinajstić information content (AvgIpc) is 2.68. The maximum atomic E-state index is 13.5. The van der Waals surface area contributed by atoms with Gasteiger partial charge in [0.05, 0.1) is 12.0 Å². The minimum absolute atomic E-state index is 0.0944. The molecule has 1 aromatic carbocycles. The third-order valence-electron chi connectivity index (χ3n) is 6.10. The van der Waals surface area contributed by atoms with Crippen LogP contribution in [0.4, 0.5) is 0 Å². The first-order valence-electron chi connectivity index (χ1n) is 10.0. The quantitative estimate of drug-likeness (QED) is 0.826. The van der Waals surface area contributed by atoms with Crippen LogP contribution in [0.2, 0.25) is 0 Å². The summed E-state index contributed by atoms with van der Waals surface area (Å²) in [5.74, 6) is 2.69. The molecule has 0 spiro atoms. The second kappa shape index (κ2) is 8.13. The van der Waals surface area contributed by atoms with Gasteiger partial charge in [-0.2, -0.15) is 11.8 Å². The van der Waals surface area contributed by atoms with E-state index in [2.05, 4.69) is 34.1 Å². The number of carbonyl (C=O) groups excluding carboxylic acids is 1. The second-order valence-corrected chi connectivity index (χ2v) is 8.92. The van der Waals surface area contributed by atoms with E-state index in [1.807, 2.05) is 11.8 Å². The molecule has 25 heavy (non-hydrogen) atoms. The van der Waals surface area contributed by atoms with Crippen molar-refractivity contribution >= 4 is 17.7 Å². The second-order valence-electron chi connectivity index (χ2n) is 7.77. The summed E-state index contributed by atoms with van der Waals surface area (Å²) < 4.78 is 0. The monoisotopic (exact) mass is 358 g/mol. The maximum Gasteiger partial charge on any atom is 0.230 e. The number of nitrogens with zero attached hydrogens (tertiary/aromatic N) is 2. The summed E-state index contributed by atoms with van der Waals surface area (Å²) in [5.41, 5.74) is 2.69. The van der Waals surface area contributed by atoms with Crippen LogP contribution in [0.3, 0.4) is 0 Å². The van der Waals surface area contributed by atoms with Gasteiger partial charge in [0.1, 0.15) is 0 Å². The van der Waals surface area contributed by atoms with Crippen molar-refractivity contribution < 1.29 is 4.79 Å². The third-order valence-corrected chi connectivity index (χ3v) is 7.19. The first kappa shape index (κ1) is 17.4. The molecule has 2 atom stereocenters. The van der Waals surface area contributed by atoms with Crippen molar-refractivity contribution in [3.8, 4) is 0 Å². The molecule has 2 unspecified atom stereocenters. The highest BCUT2D eigenvalue weighted by Gasteiger charge is 2.35. The fourth-order valence-corrected chi connectivity index (χ4v) is 5.80. The number of rotatable bonds is 3. The minimum atomic E-state index is 0.0944. The first-order valence-corrected chi connectivity index (χ1v) is 11.2. The molecule has 1 aliphatic carbocycles. The highest BCUT2D eigenvalue weighted by Crippen LogP contribution is 2.34. The number of aryl methyl sites for hydroxylation is 1. The van der Waals surface area contributed by atoms with Crippen molar-refractivity contribution in [2.24, 2.45) is 0 Å². The van der Waals surface area contributed by atoms with Gasteiger partial charge >= 0.3 is 0 Å². The van der Waals surface area contributed by atoms with Crippen LogP contribution in [0.1, 0.15) is 49.1 Å². The number of likely N-dealkylation sites (tertiary alicyclic amines) is 1. The normalized spacial score (nSPS) is 27.8. The number of hydrogen-bond acceptors (Lipinski definition) is 3. The standard InChI is InChI=1S/C21H30N2OS/c24-21(20-10-6-8-17-7-2-3-9-19(17)20)23-13-14-25-16-18(23)15-22-11-4-1-5-12-22/h2-3,7,9,18,20H,1,4-6,8,10-16H2. The molecule has 136 valence electrons. The Morgan fingerprint density at radius 3 is 2.80 bits per heavy atom. The summed E-state index contributed by atoms with van der Waals surface area (Å²) in [5, 5.41) is 0. The third kappa shape index (κ3) is 3.90. The van der Waals surface area contributed by atoms with Crippen molar-refractivity contribution in [2.45, 2.75) is 50.5 Å². The molecule has 4 heteroatoms. The SMILES string of the molecule is O=C(C1CCCc2ccccc21)N1CCSCC1CN1CCCCC1.